The molecule has 1 heterocycles. The van der Waals surface area contributed by atoms with Crippen LogP contribution >= 0.6 is 0 Å². The summed E-state index contributed by atoms with van der Waals surface area (Å²) in [6.07, 6.45) is 0. The van der Waals surface area contributed by atoms with Crippen LogP contribution in [0, 0.1) is 12.8 Å². The lowest BCUT2D eigenvalue weighted by atomic mass is 10.0. The Kier molecular flexibility index (Phi) is 3.95. The van der Waals surface area contributed by atoms with Crippen LogP contribution in [0.15, 0.2) is 18.2 Å². The van der Waals surface area contributed by atoms with Crippen molar-refractivity contribution >= 4 is 17.4 Å². The van der Waals surface area contributed by atoms with Crippen molar-refractivity contribution in [2.75, 3.05) is 25.5 Å². The molecule has 0 radical (unpaired) electrons. The Balaban J connectivity index is 2.57. The van der Waals surface area contributed by atoms with E-state index in [1.165, 1.54) is 0 Å². The van der Waals surface area contributed by atoms with Gasteiger partial charge in [0.2, 0.25) is 5.91 Å². The van der Waals surface area contributed by atoms with Crippen LogP contribution < -0.4 is 4.90 Å². The first-order chi connectivity index (χ1) is 9.32. The minimum Gasteiger partial charge on any atom is -0.314 e. The third-order valence-corrected chi connectivity index (χ3v) is 4.35. The summed E-state index contributed by atoms with van der Waals surface area (Å²) >= 11 is 0. The van der Waals surface area contributed by atoms with Crippen molar-refractivity contribution in [2.24, 2.45) is 5.92 Å². The van der Waals surface area contributed by atoms with Gasteiger partial charge in [-0.2, -0.15) is 0 Å². The van der Waals surface area contributed by atoms with Gasteiger partial charge in [-0.1, -0.05) is 18.6 Å². The van der Waals surface area contributed by atoms with Gasteiger partial charge in [0.1, 0.15) is 0 Å². The van der Waals surface area contributed by atoms with Crippen molar-refractivity contribution < 1.29 is 9.59 Å². The normalized spacial score (nSPS) is 24.9. The molecule has 2 atom stereocenters. The van der Waals surface area contributed by atoms with Crippen molar-refractivity contribution in [3.05, 3.63) is 29.3 Å². The molecule has 0 aliphatic carbocycles. The molecule has 108 valence electrons. The highest BCUT2D eigenvalue weighted by molar-refractivity contribution is 6.07. The fourth-order valence-electron chi connectivity index (χ4n) is 2.63. The van der Waals surface area contributed by atoms with Gasteiger partial charge in [-0.3, -0.25) is 14.5 Å². The fourth-order valence-corrected chi connectivity index (χ4v) is 2.63. The Morgan fingerprint density at radius 1 is 1.15 bits per heavy atom. The Bertz CT molecular complexity index is 553. The van der Waals surface area contributed by atoms with Gasteiger partial charge in [0, 0.05) is 18.7 Å². The third-order valence-electron chi connectivity index (χ3n) is 4.35. The van der Waals surface area contributed by atoms with Gasteiger partial charge in [-0.05, 0) is 33.0 Å². The Morgan fingerprint density at radius 3 is 2.45 bits per heavy atom. The van der Waals surface area contributed by atoms with Crippen LogP contribution in [0.1, 0.15) is 29.8 Å². The predicted octanol–water partition coefficient (Wildman–Crippen LogP) is 2.11. The van der Waals surface area contributed by atoms with E-state index in [9.17, 15) is 9.59 Å². The van der Waals surface area contributed by atoms with E-state index in [0.717, 1.165) is 5.56 Å². The fraction of sp³-hybridized carbons (Fsp3) is 0.500. The monoisotopic (exact) mass is 274 g/mol. The summed E-state index contributed by atoms with van der Waals surface area (Å²) in [6, 6.07) is 5.70. The molecule has 0 aromatic heterocycles. The number of hydrogen-bond acceptors (Lipinski definition) is 3. The molecular formula is C16H22N2O2. The number of fused-ring (bicyclic) bond motifs is 1. The zero-order valence-electron chi connectivity index (χ0n) is 12.8. The van der Waals surface area contributed by atoms with Gasteiger partial charge in [0.15, 0.2) is 5.78 Å². The molecule has 0 saturated heterocycles. The summed E-state index contributed by atoms with van der Waals surface area (Å²) in [5, 5.41) is 0. The first-order valence-electron chi connectivity index (χ1n) is 6.94. The molecule has 0 bridgehead atoms. The van der Waals surface area contributed by atoms with Crippen molar-refractivity contribution in [2.45, 2.75) is 26.8 Å². The summed E-state index contributed by atoms with van der Waals surface area (Å²) < 4.78 is 0. The quantitative estimate of drug-likeness (QED) is 0.727. The van der Waals surface area contributed by atoms with E-state index in [2.05, 4.69) is 0 Å². The molecule has 2 rings (SSSR count). The lowest BCUT2D eigenvalue weighted by Crippen LogP contribution is -2.43. The number of nitrogens with zero attached hydrogens (tertiary/aromatic N) is 2. The molecule has 1 aromatic rings. The zero-order valence-corrected chi connectivity index (χ0v) is 12.8. The van der Waals surface area contributed by atoms with Gasteiger partial charge in [0.05, 0.1) is 18.2 Å². The van der Waals surface area contributed by atoms with E-state index in [-0.39, 0.29) is 23.7 Å². The van der Waals surface area contributed by atoms with Crippen LogP contribution in [0.5, 0.6) is 0 Å². The number of carbonyl (C=O) groups excluding carboxylic acids is 2. The number of ketones is 1. The van der Waals surface area contributed by atoms with Gasteiger partial charge in [0.25, 0.3) is 0 Å². The van der Waals surface area contributed by atoms with Gasteiger partial charge < -0.3 is 4.90 Å². The summed E-state index contributed by atoms with van der Waals surface area (Å²) in [5.74, 6) is -0.0407. The Labute approximate surface area is 120 Å². The number of carbonyl (C=O) groups is 2. The molecule has 2 unspecified atom stereocenters. The highest BCUT2D eigenvalue weighted by Gasteiger charge is 2.31. The molecule has 1 aliphatic heterocycles. The maximum atomic E-state index is 12.5. The molecule has 0 spiro atoms. The van der Waals surface area contributed by atoms with Crippen molar-refractivity contribution in [3.8, 4) is 0 Å². The molecule has 1 aliphatic rings. The summed E-state index contributed by atoms with van der Waals surface area (Å²) in [6.45, 7) is 6.20. The lowest BCUT2D eigenvalue weighted by molar-refractivity contribution is -0.123. The van der Waals surface area contributed by atoms with Crippen LogP contribution in [0.2, 0.25) is 0 Å². The number of benzene rings is 1. The predicted molar refractivity (Wildman–Crippen MR) is 80.2 cm³/mol. The number of rotatable bonds is 0. The summed E-state index contributed by atoms with van der Waals surface area (Å²) in [7, 11) is 3.64. The maximum absolute atomic E-state index is 12.5. The second-order valence-corrected chi connectivity index (χ2v) is 5.79. The highest BCUT2D eigenvalue weighted by Crippen LogP contribution is 2.26. The van der Waals surface area contributed by atoms with Crippen LogP contribution in [-0.4, -0.2) is 43.3 Å². The van der Waals surface area contributed by atoms with Gasteiger partial charge in [-0.25, -0.2) is 0 Å². The number of likely N-dealkylation sites (N-methyl/N-ethyl adjacent to an activating group) is 1. The average Bonchev–Trinajstić information content (AvgIpc) is 2.44. The zero-order chi connectivity index (χ0) is 15.0. The Hall–Kier alpha value is -1.68. The third kappa shape index (κ3) is 2.48. The maximum Gasteiger partial charge on any atom is 0.231 e. The summed E-state index contributed by atoms with van der Waals surface area (Å²) in [5.41, 5.74) is 2.37. The van der Waals surface area contributed by atoms with Crippen molar-refractivity contribution in [1.29, 1.82) is 0 Å². The van der Waals surface area contributed by atoms with Crippen LogP contribution in [0.3, 0.4) is 0 Å². The molecule has 0 saturated carbocycles. The SMILES string of the molecule is Cc1ccc2c(c1)C(=O)CN(C)C(C)C(C)C(=O)N2C. The lowest BCUT2D eigenvalue weighted by Gasteiger charge is -2.29. The topological polar surface area (TPSA) is 40.6 Å². The minimum atomic E-state index is -0.148. The van der Waals surface area contributed by atoms with Crippen LogP contribution in [0.4, 0.5) is 5.69 Å². The second kappa shape index (κ2) is 5.37. The smallest absolute Gasteiger partial charge is 0.231 e. The molecule has 1 amide bonds. The molecule has 4 heteroatoms. The minimum absolute atomic E-state index is 0.0318. The molecule has 20 heavy (non-hydrogen) atoms. The molecule has 0 fully saturated rings. The van der Waals surface area contributed by atoms with E-state index in [4.69, 9.17) is 0 Å². The van der Waals surface area contributed by atoms with Crippen LogP contribution in [0.25, 0.3) is 0 Å². The van der Waals surface area contributed by atoms with E-state index < -0.39 is 0 Å². The number of anilines is 1. The molecular weight excluding hydrogens is 252 g/mol. The Morgan fingerprint density at radius 2 is 1.80 bits per heavy atom. The first-order valence-corrected chi connectivity index (χ1v) is 6.94. The highest BCUT2D eigenvalue weighted by atomic mass is 16.2. The van der Waals surface area contributed by atoms with Crippen LogP contribution in [-0.2, 0) is 4.79 Å². The molecule has 1 aromatic carbocycles. The van der Waals surface area contributed by atoms with E-state index in [1.54, 1.807) is 11.9 Å². The first kappa shape index (κ1) is 14.7. The number of hydrogen-bond donors (Lipinski definition) is 0. The van der Waals surface area contributed by atoms with E-state index in [0.29, 0.717) is 17.8 Å². The second-order valence-electron chi connectivity index (χ2n) is 5.79. The van der Waals surface area contributed by atoms with Crippen molar-refractivity contribution in [1.82, 2.24) is 4.90 Å². The molecule has 4 nitrogen and oxygen atoms in total. The van der Waals surface area contributed by atoms with E-state index in [1.807, 2.05) is 50.9 Å². The van der Waals surface area contributed by atoms with E-state index >= 15 is 0 Å². The largest absolute Gasteiger partial charge is 0.314 e. The molecule has 0 N–H and O–H groups in total. The van der Waals surface area contributed by atoms with Crippen molar-refractivity contribution in [3.63, 3.8) is 0 Å². The number of amides is 1. The summed E-state index contributed by atoms with van der Waals surface area (Å²) in [4.78, 5) is 28.6. The standard InChI is InChI=1S/C16H22N2O2/c1-10-6-7-14-13(8-10)15(19)9-17(4)12(3)11(2)16(20)18(14)5/h6-8,11-12H,9H2,1-5H3. The number of Topliss-reactive ketones (excluding diaryl/α,β-unsaturated/α-hetero) is 1. The number of aryl methyl sites for hydroxylation is 1. The van der Waals surface area contributed by atoms with Gasteiger partial charge in [-0.15, -0.1) is 0 Å². The average molecular weight is 274 g/mol. The van der Waals surface area contributed by atoms with Gasteiger partial charge >= 0.3 is 0 Å².